The molecule has 0 bridgehead atoms. The molecule has 5 nitrogen and oxygen atoms in total. The maximum Gasteiger partial charge on any atom is 0.259 e. The zero-order valence-corrected chi connectivity index (χ0v) is 12.9. The Labute approximate surface area is 135 Å². The fourth-order valence-corrected chi connectivity index (χ4v) is 3.51. The Hall–Kier alpha value is -1.95. The van der Waals surface area contributed by atoms with Crippen molar-refractivity contribution < 1.29 is 14.6 Å². The largest absolute Gasteiger partial charge is 0.390 e. The van der Waals surface area contributed by atoms with Gasteiger partial charge in [0.25, 0.3) is 5.91 Å². The summed E-state index contributed by atoms with van der Waals surface area (Å²) in [7, 11) is 0. The summed E-state index contributed by atoms with van der Waals surface area (Å²) in [6.07, 6.45) is -0.568. The van der Waals surface area contributed by atoms with E-state index < -0.39 is 6.10 Å². The van der Waals surface area contributed by atoms with Crippen LogP contribution in [0.2, 0.25) is 0 Å². The van der Waals surface area contributed by atoms with E-state index in [-0.39, 0.29) is 5.91 Å². The van der Waals surface area contributed by atoms with Gasteiger partial charge in [-0.1, -0.05) is 24.3 Å². The van der Waals surface area contributed by atoms with Crippen molar-refractivity contribution in [3.8, 4) is 0 Å². The summed E-state index contributed by atoms with van der Waals surface area (Å²) in [5, 5.41) is 12.5. The molecule has 1 amide bonds. The minimum Gasteiger partial charge on any atom is -0.390 e. The van der Waals surface area contributed by atoms with E-state index in [4.69, 9.17) is 4.74 Å². The molecule has 2 aliphatic rings. The number of nitrogens with zero attached hydrogens (tertiary/aromatic N) is 2. The number of amides is 1. The molecule has 0 radical (unpaired) electrons. The van der Waals surface area contributed by atoms with Crippen LogP contribution in [0.25, 0.3) is 10.8 Å². The second-order valence-electron chi connectivity index (χ2n) is 6.16. The van der Waals surface area contributed by atoms with E-state index >= 15 is 0 Å². The number of benzene rings is 2. The van der Waals surface area contributed by atoms with Crippen LogP contribution in [0.3, 0.4) is 0 Å². The van der Waals surface area contributed by atoms with Crippen molar-refractivity contribution in [2.45, 2.75) is 6.10 Å². The average molecular weight is 312 g/mol. The van der Waals surface area contributed by atoms with Gasteiger partial charge in [-0.05, 0) is 17.5 Å². The molecular weight excluding hydrogens is 292 g/mol. The normalized spacial score (nSPS) is 19.5. The summed E-state index contributed by atoms with van der Waals surface area (Å²) in [5.74, 6) is -0.0159. The summed E-state index contributed by atoms with van der Waals surface area (Å²) in [6, 6.07) is 11.7. The quantitative estimate of drug-likeness (QED) is 0.929. The van der Waals surface area contributed by atoms with Crippen molar-refractivity contribution in [3.63, 3.8) is 0 Å². The van der Waals surface area contributed by atoms with Gasteiger partial charge in [-0.2, -0.15) is 0 Å². The van der Waals surface area contributed by atoms with Crippen LogP contribution < -0.4 is 4.90 Å². The monoisotopic (exact) mass is 312 g/mol. The van der Waals surface area contributed by atoms with Gasteiger partial charge in [0.1, 0.15) is 0 Å². The van der Waals surface area contributed by atoms with Crippen molar-refractivity contribution in [2.24, 2.45) is 0 Å². The molecule has 4 rings (SSSR count). The van der Waals surface area contributed by atoms with Gasteiger partial charge in [-0.3, -0.25) is 9.69 Å². The van der Waals surface area contributed by atoms with Gasteiger partial charge in [0.15, 0.2) is 0 Å². The minimum atomic E-state index is -0.568. The van der Waals surface area contributed by atoms with E-state index in [1.165, 1.54) is 0 Å². The van der Waals surface area contributed by atoms with Gasteiger partial charge in [-0.15, -0.1) is 0 Å². The number of hydrogen-bond donors (Lipinski definition) is 1. The van der Waals surface area contributed by atoms with Crippen LogP contribution in [0.1, 0.15) is 10.4 Å². The molecule has 0 aromatic heterocycles. The molecule has 2 aliphatic heterocycles. The van der Waals surface area contributed by atoms with Crippen molar-refractivity contribution >= 4 is 22.4 Å². The third-order valence-electron chi connectivity index (χ3n) is 4.62. The standard InChI is InChI=1S/C18H20N2O3/c21-14(11-19-7-9-23-10-8-19)12-20-16-6-2-4-13-3-1-5-15(17(13)16)18(20)22/h1-6,14,21H,7-12H2. The van der Waals surface area contributed by atoms with E-state index in [2.05, 4.69) is 4.90 Å². The second kappa shape index (κ2) is 5.92. The summed E-state index contributed by atoms with van der Waals surface area (Å²) in [5.41, 5.74) is 1.64. The number of hydrogen-bond acceptors (Lipinski definition) is 4. The van der Waals surface area contributed by atoms with Crippen LogP contribution in [-0.4, -0.2) is 61.4 Å². The summed E-state index contributed by atoms with van der Waals surface area (Å²) >= 11 is 0. The van der Waals surface area contributed by atoms with Crippen molar-refractivity contribution in [1.29, 1.82) is 0 Å². The molecule has 5 heteroatoms. The maximum absolute atomic E-state index is 12.7. The predicted molar refractivity (Wildman–Crippen MR) is 88.9 cm³/mol. The Morgan fingerprint density at radius 1 is 1.09 bits per heavy atom. The number of ether oxygens (including phenoxy) is 1. The average Bonchev–Trinajstić information content (AvgIpc) is 2.84. The van der Waals surface area contributed by atoms with Crippen LogP contribution in [0.4, 0.5) is 5.69 Å². The van der Waals surface area contributed by atoms with E-state index in [9.17, 15) is 9.90 Å². The number of β-amino-alcohol motifs (C(OH)–C–C–N with tert-alkyl or cyclic N) is 1. The fraction of sp³-hybridized carbons (Fsp3) is 0.389. The Balaban J connectivity index is 1.54. The number of anilines is 1. The highest BCUT2D eigenvalue weighted by molar-refractivity contribution is 6.25. The van der Waals surface area contributed by atoms with Gasteiger partial charge in [0, 0.05) is 30.6 Å². The topological polar surface area (TPSA) is 53.0 Å². The van der Waals surface area contributed by atoms with Crippen LogP contribution in [0.5, 0.6) is 0 Å². The third kappa shape index (κ3) is 2.61. The second-order valence-corrected chi connectivity index (χ2v) is 6.16. The van der Waals surface area contributed by atoms with Gasteiger partial charge in [0.2, 0.25) is 0 Å². The Morgan fingerprint density at radius 3 is 2.61 bits per heavy atom. The van der Waals surface area contributed by atoms with Gasteiger partial charge < -0.3 is 14.7 Å². The van der Waals surface area contributed by atoms with E-state index in [1.54, 1.807) is 4.90 Å². The lowest BCUT2D eigenvalue weighted by atomic mass is 10.1. The van der Waals surface area contributed by atoms with E-state index in [0.717, 1.165) is 35.1 Å². The van der Waals surface area contributed by atoms with E-state index in [1.807, 2.05) is 36.4 Å². The lowest BCUT2D eigenvalue weighted by Gasteiger charge is -2.30. The van der Waals surface area contributed by atoms with E-state index in [0.29, 0.717) is 26.3 Å². The molecule has 0 saturated carbocycles. The van der Waals surface area contributed by atoms with Crippen LogP contribution in [0.15, 0.2) is 36.4 Å². The maximum atomic E-state index is 12.7. The minimum absolute atomic E-state index is 0.0159. The van der Waals surface area contributed by atoms with Crippen molar-refractivity contribution in [2.75, 3.05) is 44.3 Å². The van der Waals surface area contributed by atoms with Crippen LogP contribution >= 0.6 is 0 Å². The Kier molecular flexibility index (Phi) is 3.77. The molecule has 2 heterocycles. The number of carbonyl (C=O) groups excluding carboxylic acids is 1. The number of carbonyl (C=O) groups is 1. The molecule has 1 N–H and O–H groups in total. The van der Waals surface area contributed by atoms with Crippen molar-refractivity contribution in [1.82, 2.24) is 4.90 Å². The zero-order valence-electron chi connectivity index (χ0n) is 12.9. The number of aliphatic hydroxyl groups is 1. The number of morpholine rings is 1. The Bertz CT molecular complexity index is 735. The molecule has 0 spiro atoms. The highest BCUT2D eigenvalue weighted by atomic mass is 16.5. The molecule has 23 heavy (non-hydrogen) atoms. The highest BCUT2D eigenvalue weighted by Gasteiger charge is 2.31. The smallest absolute Gasteiger partial charge is 0.259 e. The predicted octanol–water partition coefficient (Wildman–Crippen LogP) is 1.49. The SMILES string of the molecule is O=C1c2cccc3cccc(c23)N1CC(O)CN1CCOCC1. The summed E-state index contributed by atoms with van der Waals surface area (Å²) < 4.78 is 5.32. The molecule has 1 saturated heterocycles. The molecule has 1 fully saturated rings. The number of rotatable bonds is 4. The van der Waals surface area contributed by atoms with Crippen LogP contribution in [-0.2, 0) is 4.74 Å². The Morgan fingerprint density at radius 2 is 1.83 bits per heavy atom. The number of aliphatic hydroxyl groups excluding tert-OH is 1. The lowest BCUT2D eigenvalue weighted by Crippen LogP contribution is -2.45. The zero-order chi connectivity index (χ0) is 15.8. The fourth-order valence-electron chi connectivity index (χ4n) is 3.51. The first-order valence-electron chi connectivity index (χ1n) is 8.06. The molecule has 1 atom stereocenters. The summed E-state index contributed by atoms with van der Waals surface area (Å²) in [6.45, 7) is 3.98. The first kappa shape index (κ1) is 14.6. The molecule has 1 unspecified atom stereocenters. The molecule has 0 aliphatic carbocycles. The van der Waals surface area contributed by atoms with Gasteiger partial charge in [0.05, 0.1) is 31.5 Å². The molecule has 120 valence electrons. The van der Waals surface area contributed by atoms with Crippen molar-refractivity contribution in [3.05, 3.63) is 42.0 Å². The molecular formula is C18H20N2O3. The van der Waals surface area contributed by atoms with Gasteiger partial charge >= 0.3 is 0 Å². The third-order valence-corrected chi connectivity index (χ3v) is 4.62. The van der Waals surface area contributed by atoms with Gasteiger partial charge in [-0.25, -0.2) is 0 Å². The lowest BCUT2D eigenvalue weighted by molar-refractivity contribution is 0.0160. The molecule has 2 aromatic carbocycles. The first-order valence-corrected chi connectivity index (χ1v) is 8.06. The van der Waals surface area contributed by atoms with Crippen LogP contribution in [0, 0.1) is 0 Å². The highest BCUT2D eigenvalue weighted by Crippen LogP contribution is 2.37. The molecule has 2 aromatic rings. The first-order chi connectivity index (χ1) is 11.2. The summed E-state index contributed by atoms with van der Waals surface area (Å²) in [4.78, 5) is 16.6.